The zero-order valence-electron chi connectivity index (χ0n) is 10.6. The average molecular weight is 311 g/mol. The Kier molecular flexibility index (Phi) is 4.07. The van der Waals surface area contributed by atoms with Crippen LogP contribution >= 0.6 is 15.9 Å². The quantitative estimate of drug-likeness (QED) is 0.876. The minimum Gasteiger partial charge on any atom is -0.353 e. The Morgan fingerprint density at radius 3 is 2.56 bits per heavy atom. The third-order valence-corrected chi connectivity index (χ3v) is 4.09. The molecule has 0 radical (unpaired) electrons. The fourth-order valence-corrected chi connectivity index (χ4v) is 2.34. The van der Waals surface area contributed by atoms with Gasteiger partial charge in [-0.25, -0.2) is 0 Å². The number of amides is 1. The summed E-state index contributed by atoms with van der Waals surface area (Å²) in [4.78, 5) is 12.0. The summed E-state index contributed by atoms with van der Waals surface area (Å²) in [6.07, 6.45) is 2.71. The monoisotopic (exact) mass is 310 g/mol. The molecule has 1 aromatic carbocycles. The van der Waals surface area contributed by atoms with E-state index in [2.05, 4.69) is 33.4 Å². The third-order valence-electron chi connectivity index (χ3n) is 3.56. The lowest BCUT2D eigenvalue weighted by Crippen LogP contribution is -2.42. The van der Waals surface area contributed by atoms with Crippen LogP contribution in [0.5, 0.6) is 0 Å². The van der Waals surface area contributed by atoms with Gasteiger partial charge in [0.2, 0.25) is 5.91 Å². The number of rotatable bonds is 5. The predicted molar refractivity (Wildman–Crippen MR) is 76.2 cm³/mol. The first-order valence-corrected chi connectivity index (χ1v) is 7.10. The molecular weight excluding hydrogens is 292 g/mol. The van der Waals surface area contributed by atoms with Gasteiger partial charge in [0.25, 0.3) is 0 Å². The topological polar surface area (TPSA) is 55.1 Å². The first kappa shape index (κ1) is 13.6. The lowest BCUT2D eigenvalue weighted by Gasteiger charge is -2.18. The molecule has 0 bridgehead atoms. The molecule has 3 N–H and O–H groups in total. The second kappa shape index (κ2) is 5.41. The van der Waals surface area contributed by atoms with Crippen LogP contribution in [0.15, 0.2) is 28.7 Å². The fraction of sp³-hybridized carbons (Fsp3) is 0.500. The van der Waals surface area contributed by atoms with E-state index in [1.54, 1.807) is 0 Å². The Balaban J connectivity index is 1.87. The molecule has 0 aromatic heterocycles. The van der Waals surface area contributed by atoms with Crippen LogP contribution in [0.2, 0.25) is 0 Å². The largest absolute Gasteiger partial charge is 0.353 e. The molecule has 3 nitrogen and oxygen atoms in total. The van der Waals surface area contributed by atoms with Gasteiger partial charge in [-0.3, -0.25) is 4.79 Å². The summed E-state index contributed by atoms with van der Waals surface area (Å²) in [5.41, 5.74) is 6.62. The van der Waals surface area contributed by atoms with E-state index in [9.17, 15) is 4.79 Å². The van der Waals surface area contributed by atoms with Crippen molar-refractivity contribution in [2.24, 2.45) is 11.1 Å². The Morgan fingerprint density at radius 2 is 2.06 bits per heavy atom. The number of nitrogens with two attached hydrogens (primary N) is 1. The summed E-state index contributed by atoms with van der Waals surface area (Å²) in [7, 11) is 0. The van der Waals surface area contributed by atoms with Gasteiger partial charge in [-0.05, 0) is 43.9 Å². The van der Waals surface area contributed by atoms with E-state index in [1.807, 2.05) is 19.1 Å². The molecule has 1 atom stereocenters. The minimum atomic E-state index is -0.256. The predicted octanol–water partition coefficient (Wildman–Crippen LogP) is 2.24. The van der Waals surface area contributed by atoms with Crippen LogP contribution in [0.25, 0.3) is 0 Å². The maximum absolute atomic E-state index is 12.0. The van der Waals surface area contributed by atoms with Crippen molar-refractivity contribution >= 4 is 21.8 Å². The van der Waals surface area contributed by atoms with Crippen LogP contribution in [0.4, 0.5) is 0 Å². The first-order chi connectivity index (χ1) is 8.55. The molecule has 1 fully saturated rings. The van der Waals surface area contributed by atoms with Crippen molar-refractivity contribution in [3.05, 3.63) is 34.3 Å². The maximum Gasteiger partial charge on any atom is 0.227 e. The van der Waals surface area contributed by atoms with Crippen LogP contribution < -0.4 is 11.1 Å². The molecular formula is C14H19BrN2O. The summed E-state index contributed by atoms with van der Waals surface area (Å²) in [5, 5.41) is 3.07. The van der Waals surface area contributed by atoms with E-state index in [0.29, 0.717) is 6.54 Å². The third kappa shape index (κ3) is 3.12. The number of hydrogen-bond acceptors (Lipinski definition) is 2. The standard InChI is InChI=1S/C14H19BrN2O/c1-10(8-11-2-4-12(15)5-3-11)17-13(18)14(9-16)6-7-14/h2-5,10H,6-9,16H2,1H3,(H,17,18). The highest BCUT2D eigenvalue weighted by Crippen LogP contribution is 2.44. The number of hydrogen-bond donors (Lipinski definition) is 2. The summed E-state index contributed by atoms with van der Waals surface area (Å²) >= 11 is 3.41. The molecule has 1 saturated carbocycles. The van der Waals surface area contributed by atoms with Crippen molar-refractivity contribution in [1.82, 2.24) is 5.32 Å². The zero-order valence-corrected chi connectivity index (χ0v) is 12.2. The van der Waals surface area contributed by atoms with Crippen LogP contribution in [0.1, 0.15) is 25.3 Å². The number of halogens is 1. The first-order valence-electron chi connectivity index (χ1n) is 6.31. The summed E-state index contributed by atoms with van der Waals surface area (Å²) < 4.78 is 1.07. The minimum absolute atomic E-state index is 0.120. The molecule has 18 heavy (non-hydrogen) atoms. The van der Waals surface area contributed by atoms with Crippen LogP contribution in [-0.4, -0.2) is 18.5 Å². The average Bonchev–Trinajstić information content (AvgIpc) is 3.13. The highest BCUT2D eigenvalue weighted by atomic mass is 79.9. The van der Waals surface area contributed by atoms with Crippen molar-refractivity contribution in [3.63, 3.8) is 0 Å². The molecule has 1 aliphatic carbocycles. The number of nitrogens with one attached hydrogen (secondary N) is 1. The van der Waals surface area contributed by atoms with E-state index in [0.717, 1.165) is 23.7 Å². The van der Waals surface area contributed by atoms with Crippen molar-refractivity contribution in [2.75, 3.05) is 6.54 Å². The van der Waals surface area contributed by atoms with Gasteiger partial charge < -0.3 is 11.1 Å². The van der Waals surface area contributed by atoms with Crippen molar-refractivity contribution in [1.29, 1.82) is 0 Å². The maximum atomic E-state index is 12.0. The van der Waals surface area contributed by atoms with Crippen LogP contribution in [-0.2, 0) is 11.2 Å². The normalized spacial score (nSPS) is 18.2. The highest BCUT2D eigenvalue weighted by Gasteiger charge is 2.48. The molecule has 0 heterocycles. The van der Waals surface area contributed by atoms with Gasteiger partial charge in [0.1, 0.15) is 0 Å². The van der Waals surface area contributed by atoms with E-state index in [4.69, 9.17) is 5.73 Å². The van der Waals surface area contributed by atoms with Crippen molar-refractivity contribution in [3.8, 4) is 0 Å². The summed E-state index contributed by atoms with van der Waals surface area (Å²) in [6.45, 7) is 2.50. The molecule has 0 aliphatic heterocycles. The SMILES string of the molecule is CC(Cc1ccc(Br)cc1)NC(=O)C1(CN)CC1. The van der Waals surface area contributed by atoms with Crippen molar-refractivity contribution in [2.45, 2.75) is 32.2 Å². The van der Waals surface area contributed by atoms with E-state index in [-0.39, 0.29) is 17.4 Å². The Morgan fingerprint density at radius 1 is 1.44 bits per heavy atom. The fourth-order valence-electron chi connectivity index (χ4n) is 2.08. The second-order valence-electron chi connectivity index (χ2n) is 5.19. The Hall–Kier alpha value is -0.870. The van der Waals surface area contributed by atoms with Gasteiger partial charge in [-0.1, -0.05) is 28.1 Å². The number of carbonyl (C=O) groups is 1. The molecule has 1 amide bonds. The van der Waals surface area contributed by atoms with Crippen LogP contribution in [0.3, 0.4) is 0 Å². The van der Waals surface area contributed by atoms with Gasteiger partial charge in [-0.2, -0.15) is 0 Å². The number of carbonyl (C=O) groups excluding carboxylic acids is 1. The Labute approximate surface area is 116 Å². The molecule has 4 heteroatoms. The van der Waals surface area contributed by atoms with Gasteiger partial charge in [-0.15, -0.1) is 0 Å². The molecule has 98 valence electrons. The lowest BCUT2D eigenvalue weighted by molar-refractivity contribution is -0.126. The zero-order chi connectivity index (χ0) is 13.2. The molecule has 1 aliphatic rings. The van der Waals surface area contributed by atoms with Gasteiger partial charge in [0.15, 0.2) is 0 Å². The molecule has 1 aromatic rings. The van der Waals surface area contributed by atoms with Crippen molar-refractivity contribution < 1.29 is 4.79 Å². The smallest absolute Gasteiger partial charge is 0.227 e. The van der Waals surface area contributed by atoms with E-state index >= 15 is 0 Å². The molecule has 0 spiro atoms. The summed E-state index contributed by atoms with van der Waals surface area (Å²) in [6, 6.07) is 8.33. The summed E-state index contributed by atoms with van der Waals surface area (Å²) in [5.74, 6) is 0.120. The Bertz CT molecular complexity index is 426. The molecule has 0 saturated heterocycles. The highest BCUT2D eigenvalue weighted by molar-refractivity contribution is 9.10. The van der Waals surface area contributed by atoms with Gasteiger partial charge in [0, 0.05) is 17.1 Å². The molecule has 1 unspecified atom stereocenters. The van der Waals surface area contributed by atoms with E-state index in [1.165, 1.54) is 5.56 Å². The number of benzene rings is 1. The van der Waals surface area contributed by atoms with Gasteiger partial charge in [0.05, 0.1) is 5.41 Å². The second-order valence-corrected chi connectivity index (χ2v) is 6.11. The van der Waals surface area contributed by atoms with Gasteiger partial charge >= 0.3 is 0 Å². The van der Waals surface area contributed by atoms with Crippen LogP contribution in [0, 0.1) is 5.41 Å². The molecule has 2 rings (SSSR count). The van der Waals surface area contributed by atoms with E-state index < -0.39 is 0 Å². The lowest BCUT2D eigenvalue weighted by atomic mass is 10.0.